The molecule has 0 radical (unpaired) electrons. The lowest BCUT2D eigenvalue weighted by atomic mass is 10.2. The van der Waals surface area contributed by atoms with Crippen molar-refractivity contribution in [2.75, 3.05) is 33.9 Å². The molecule has 0 fully saturated rings. The molecule has 0 aromatic heterocycles. The minimum absolute atomic E-state index is 0. The summed E-state index contributed by atoms with van der Waals surface area (Å²) >= 11 is 0. The van der Waals surface area contributed by atoms with E-state index in [1.54, 1.807) is 13.1 Å². The summed E-state index contributed by atoms with van der Waals surface area (Å²) in [4.78, 5) is 17.2. The van der Waals surface area contributed by atoms with Crippen molar-refractivity contribution in [3.05, 3.63) is 59.7 Å². The van der Waals surface area contributed by atoms with E-state index >= 15 is 0 Å². The molecule has 2 aromatic rings. The molecule has 0 bridgehead atoms. The summed E-state index contributed by atoms with van der Waals surface area (Å²) in [5.41, 5.74) is 7.23. The third-order valence-electron chi connectivity index (χ3n) is 4.08. The van der Waals surface area contributed by atoms with Gasteiger partial charge in [0, 0.05) is 20.6 Å². The number of aryl methyl sites for hydroxylation is 1. The predicted octanol–water partition coefficient (Wildman–Crippen LogP) is 2.56. The maximum absolute atomic E-state index is 10.8. The van der Waals surface area contributed by atoms with Crippen LogP contribution in [0.4, 0.5) is 0 Å². The largest absolute Gasteiger partial charge is 0.491 e. The molecule has 29 heavy (non-hydrogen) atoms. The summed E-state index contributed by atoms with van der Waals surface area (Å²) in [6.07, 6.45) is 0. The Balaban J connectivity index is 0.00000420. The number of amides is 1. The highest BCUT2D eigenvalue weighted by molar-refractivity contribution is 14.0. The van der Waals surface area contributed by atoms with Gasteiger partial charge in [0.2, 0.25) is 0 Å². The van der Waals surface area contributed by atoms with E-state index in [9.17, 15) is 4.79 Å². The highest BCUT2D eigenvalue weighted by atomic mass is 127. The van der Waals surface area contributed by atoms with Crippen molar-refractivity contribution in [1.29, 1.82) is 0 Å². The number of para-hydroxylation sites is 1. The molecule has 8 heteroatoms. The molecular formula is C21H29IN4O3. The number of ether oxygens (including phenoxy) is 2. The van der Waals surface area contributed by atoms with Crippen LogP contribution in [0.2, 0.25) is 0 Å². The van der Waals surface area contributed by atoms with E-state index in [1.807, 2.05) is 61.3 Å². The van der Waals surface area contributed by atoms with Gasteiger partial charge < -0.3 is 25.4 Å². The first kappa shape index (κ1) is 24.5. The Morgan fingerprint density at radius 1 is 1.17 bits per heavy atom. The molecule has 7 nitrogen and oxygen atoms in total. The highest BCUT2D eigenvalue weighted by Gasteiger charge is 2.07. The van der Waals surface area contributed by atoms with Crippen molar-refractivity contribution in [2.24, 2.45) is 10.7 Å². The van der Waals surface area contributed by atoms with E-state index < -0.39 is 5.91 Å². The molecule has 0 saturated heterocycles. The fourth-order valence-corrected chi connectivity index (χ4v) is 2.58. The van der Waals surface area contributed by atoms with Gasteiger partial charge in [-0.2, -0.15) is 0 Å². The molecule has 0 heterocycles. The number of carbonyl (C=O) groups is 1. The van der Waals surface area contributed by atoms with Crippen molar-refractivity contribution < 1.29 is 14.3 Å². The number of hydrogen-bond donors (Lipinski definition) is 2. The maximum atomic E-state index is 10.8. The standard InChI is InChI=1S/C21H28N4O3.HI/c1-16-7-4-5-10-19(16)27-12-11-25(3)21(23-2)24-14-17-8-6-9-18(13-17)28-15-20(22)26;/h4-10,13H,11-12,14-15H2,1-3H3,(H2,22,26)(H,23,24);1H. The van der Waals surface area contributed by atoms with Crippen molar-refractivity contribution in [3.8, 4) is 11.5 Å². The number of rotatable bonds is 9. The van der Waals surface area contributed by atoms with Crippen molar-refractivity contribution in [2.45, 2.75) is 13.5 Å². The summed E-state index contributed by atoms with van der Waals surface area (Å²) in [5, 5.41) is 3.31. The zero-order valence-electron chi connectivity index (χ0n) is 17.1. The van der Waals surface area contributed by atoms with Gasteiger partial charge in [0.25, 0.3) is 5.91 Å². The summed E-state index contributed by atoms with van der Waals surface area (Å²) in [6.45, 7) is 3.71. The number of nitrogens with zero attached hydrogens (tertiary/aromatic N) is 2. The first-order chi connectivity index (χ1) is 13.5. The lowest BCUT2D eigenvalue weighted by molar-refractivity contribution is -0.119. The van der Waals surface area contributed by atoms with E-state index in [1.165, 1.54) is 0 Å². The third-order valence-corrected chi connectivity index (χ3v) is 4.08. The van der Waals surface area contributed by atoms with Crippen molar-refractivity contribution >= 4 is 35.8 Å². The second-order valence-electron chi connectivity index (χ2n) is 6.34. The highest BCUT2D eigenvalue weighted by Crippen LogP contribution is 2.16. The average Bonchev–Trinajstić information content (AvgIpc) is 2.68. The third kappa shape index (κ3) is 8.59. The van der Waals surface area contributed by atoms with Crippen LogP contribution in [0.25, 0.3) is 0 Å². The van der Waals surface area contributed by atoms with Gasteiger partial charge >= 0.3 is 0 Å². The van der Waals surface area contributed by atoms with E-state index in [2.05, 4.69) is 10.3 Å². The number of guanidine groups is 1. The van der Waals surface area contributed by atoms with E-state index in [4.69, 9.17) is 15.2 Å². The zero-order valence-corrected chi connectivity index (χ0v) is 19.4. The molecular weight excluding hydrogens is 483 g/mol. The molecule has 0 unspecified atom stereocenters. The summed E-state index contributed by atoms with van der Waals surface area (Å²) in [6, 6.07) is 15.5. The molecule has 0 atom stereocenters. The molecule has 1 amide bonds. The van der Waals surface area contributed by atoms with Gasteiger partial charge in [0.05, 0.1) is 6.54 Å². The van der Waals surface area contributed by atoms with Crippen LogP contribution in [0, 0.1) is 6.92 Å². The molecule has 0 spiro atoms. The van der Waals surface area contributed by atoms with Crippen LogP contribution in [0.3, 0.4) is 0 Å². The smallest absolute Gasteiger partial charge is 0.255 e. The summed E-state index contributed by atoms with van der Waals surface area (Å²) in [5.74, 6) is 1.76. The maximum Gasteiger partial charge on any atom is 0.255 e. The van der Waals surface area contributed by atoms with Crippen LogP contribution < -0.4 is 20.5 Å². The zero-order chi connectivity index (χ0) is 20.4. The number of primary amides is 1. The number of halogens is 1. The summed E-state index contributed by atoms with van der Waals surface area (Å²) < 4.78 is 11.2. The molecule has 2 aromatic carbocycles. The number of nitrogens with two attached hydrogens (primary N) is 1. The van der Waals surface area contributed by atoms with Gasteiger partial charge in [0.1, 0.15) is 18.1 Å². The Kier molecular flexibility index (Phi) is 10.9. The predicted molar refractivity (Wildman–Crippen MR) is 126 cm³/mol. The number of carbonyl (C=O) groups excluding carboxylic acids is 1. The van der Waals surface area contributed by atoms with Crippen LogP contribution in [0.5, 0.6) is 11.5 Å². The second-order valence-corrected chi connectivity index (χ2v) is 6.34. The first-order valence-corrected chi connectivity index (χ1v) is 9.10. The first-order valence-electron chi connectivity index (χ1n) is 9.10. The molecule has 0 aliphatic rings. The van der Waals surface area contributed by atoms with Gasteiger partial charge in [-0.3, -0.25) is 9.79 Å². The molecule has 2 rings (SSSR count). The SMILES string of the molecule is CN=C(NCc1cccc(OCC(N)=O)c1)N(C)CCOc1ccccc1C.I. The fraction of sp³-hybridized carbons (Fsp3) is 0.333. The molecule has 0 aliphatic heterocycles. The van der Waals surface area contributed by atoms with Gasteiger partial charge in [-0.05, 0) is 36.2 Å². The number of nitrogens with one attached hydrogen (secondary N) is 1. The van der Waals surface area contributed by atoms with Crippen LogP contribution in [-0.4, -0.2) is 50.6 Å². The fourth-order valence-electron chi connectivity index (χ4n) is 2.58. The Morgan fingerprint density at radius 3 is 2.62 bits per heavy atom. The van der Waals surface area contributed by atoms with Gasteiger partial charge in [-0.25, -0.2) is 0 Å². The molecule has 158 valence electrons. The minimum atomic E-state index is -0.501. The normalized spacial score (nSPS) is 10.7. The minimum Gasteiger partial charge on any atom is -0.491 e. The lowest BCUT2D eigenvalue weighted by Gasteiger charge is -2.22. The molecule has 0 aliphatic carbocycles. The number of likely N-dealkylation sites (N-methyl/N-ethyl adjacent to an activating group) is 1. The Bertz CT molecular complexity index is 814. The van der Waals surface area contributed by atoms with E-state index in [0.717, 1.165) is 22.8 Å². The Morgan fingerprint density at radius 2 is 1.93 bits per heavy atom. The number of benzene rings is 2. The molecule has 3 N–H and O–H groups in total. The van der Waals surface area contributed by atoms with Crippen LogP contribution in [-0.2, 0) is 11.3 Å². The van der Waals surface area contributed by atoms with Crippen molar-refractivity contribution in [1.82, 2.24) is 10.2 Å². The van der Waals surface area contributed by atoms with E-state index in [-0.39, 0.29) is 30.6 Å². The van der Waals surface area contributed by atoms with Crippen LogP contribution in [0.15, 0.2) is 53.5 Å². The summed E-state index contributed by atoms with van der Waals surface area (Å²) in [7, 11) is 3.70. The molecule has 0 saturated carbocycles. The topological polar surface area (TPSA) is 89.2 Å². The Hall–Kier alpha value is -2.49. The van der Waals surface area contributed by atoms with Crippen molar-refractivity contribution in [3.63, 3.8) is 0 Å². The Labute approximate surface area is 189 Å². The number of hydrogen-bond acceptors (Lipinski definition) is 4. The average molecular weight is 512 g/mol. The second kappa shape index (κ2) is 12.9. The monoisotopic (exact) mass is 512 g/mol. The number of aliphatic imine (C=N–C) groups is 1. The quantitative estimate of drug-likeness (QED) is 0.307. The van der Waals surface area contributed by atoms with Gasteiger partial charge in [-0.1, -0.05) is 30.3 Å². The van der Waals surface area contributed by atoms with E-state index in [0.29, 0.717) is 25.4 Å². The van der Waals surface area contributed by atoms with Gasteiger partial charge in [-0.15, -0.1) is 24.0 Å². The van der Waals surface area contributed by atoms with Gasteiger partial charge in [0.15, 0.2) is 12.6 Å². The van der Waals surface area contributed by atoms with Crippen LogP contribution >= 0.6 is 24.0 Å². The lowest BCUT2D eigenvalue weighted by Crippen LogP contribution is -2.40. The van der Waals surface area contributed by atoms with Crippen LogP contribution in [0.1, 0.15) is 11.1 Å².